The van der Waals surface area contributed by atoms with Crippen molar-refractivity contribution in [3.8, 4) is 55.8 Å². The van der Waals surface area contributed by atoms with Crippen LogP contribution >= 0.6 is 0 Å². The maximum absolute atomic E-state index is 7.18. The van der Waals surface area contributed by atoms with E-state index in [1.807, 2.05) is 0 Å². The lowest BCUT2D eigenvalue weighted by atomic mass is 9.68. The lowest BCUT2D eigenvalue weighted by molar-refractivity contribution is 0.636. The van der Waals surface area contributed by atoms with Gasteiger partial charge in [-0.3, -0.25) is 0 Å². The Hall–Kier alpha value is -10.0. The van der Waals surface area contributed by atoms with Crippen molar-refractivity contribution in [3.05, 3.63) is 320 Å². The van der Waals surface area contributed by atoms with E-state index in [0.717, 1.165) is 67.0 Å². The predicted octanol–water partition coefficient (Wildman–Crippen LogP) is 20.4. The van der Waals surface area contributed by atoms with Crippen LogP contribution in [-0.2, 0) is 5.41 Å². The van der Waals surface area contributed by atoms with Crippen LogP contribution in [0.1, 0.15) is 22.3 Å². The summed E-state index contributed by atoms with van der Waals surface area (Å²) < 4.78 is 7.18. The van der Waals surface area contributed by atoms with Crippen molar-refractivity contribution in [1.82, 2.24) is 0 Å². The molecule has 0 saturated heterocycles. The van der Waals surface area contributed by atoms with Gasteiger partial charge in [0.05, 0.1) is 11.1 Å². The average Bonchev–Trinajstić information content (AvgIpc) is 4.17. The number of hydrogen-bond donors (Lipinski definition) is 0. The van der Waals surface area contributed by atoms with E-state index in [1.54, 1.807) is 0 Å². The molecule has 1 aliphatic rings. The van der Waals surface area contributed by atoms with Gasteiger partial charge < -0.3 is 9.32 Å². The zero-order valence-electron chi connectivity index (χ0n) is 42.1. The minimum Gasteiger partial charge on any atom is -0.455 e. The van der Waals surface area contributed by atoms with Gasteiger partial charge in [0.2, 0.25) is 0 Å². The molecule has 0 saturated carbocycles. The zero-order valence-corrected chi connectivity index (χ0v) is 42.1. The molecule has 0 amide bonds. The highest BCUT2D eigenvalue weighted by molar-refractivity contribution is 6.29. The molecule has 1 aliphatic carbocycles. The van der Waals surface area contributed by atoms with Crippen molar-refractivity contribution >= 4 is 60.3 Å². The summed E-state index contributed by atoms with van der Waals surface area (Å²) in [6, 6.07) is 109. The van der Waals surface area contributed by atoms with Gasteiger partial charge >= 0.3 is 0 Å². The minimum absolute atomic E-state index is 0.539. The number of rotatable bonds is 9. The summed E-state index contributed by atoms with van der Waals surface area (Å²) in [5.74, 6) is 0.879. The van der Waals surface area contributed by atoms with Gasteiger partial charge in [-0.2, -0.15) is 0 Å². The van der Waals surface area contributed by atoms with Crippen molar-refractivity contribution in [1.29, 1.82) is 0 Å². The monoisotopic (exact) mass is 979 g/mol. The second-order valence-electron chi connectivity index (χ2n) is 20.2. The van der Waals surface area contributed by atoms with Gasteiger partial charge in [0.25, 0.3) is 0 Å². The number of furan rings is 1. The fourth-order valence-electron chi connectivity index (χ4n) is 12.8. The zero-order chi connectivity index (χ0) is 50.9. The van der Waals surface area contributed by atoms with Crippen molar-refractivity contribution < 1.29 is 4.42 Å². The summed E-state index contributed by atoms with van der Waals surface area (Å²) in [7, 11) is 0. The van der Waals surface area contributed by atoms with Gasteiger partial charge in [-0.05, 0) is 119 Å². The standard InChI is InChI=1S/C75H49NO/c1-5-22-53(23-6-1)70-72-64-33-16-15-32-62(64)63-48-43-55(49-66(63)74(72)77-73(70)54-24-7-2-8-25-54)50-39-44-58(45-40-50)76(59-46-41-52(42-47-59)61-35-19-26-51-21-13-14-31-60(51)61)69-38-20-37-68-71(69)65-34-17-18-36-67(65)75(68,56-27-9-3-10-28-56)57-29-11-4-12-30-57/h1-49H. The first-order valence-electron chi connectivity index (χ1n) is 26.6. The molecule has 77 heavy (non-hydrogen) atoms. The highest BCUT2D eigenvalue weighted by atomic mass is 16.3. The van der Waals surface area contributed by atoms with Crippen molar-refractivity contribution in [2.24, 2.45) is 0 Å². The molecule has 1 aromatic heterocycles. The number of benzene rings is 13. The molecule has 0 radical (unpaired) electrons. The lowest BCUT2D eigenvalue weighted by Crippen LogP contribution is -2.28. The Morgan fingerprint density at radius 1 is 0.299 bits per heavy atom. The molecule has 15 rings (SSSR count). The third-order valence-electron chi connectivity index (χ3n) is 16.1. The maximum atomic E-state index is 7.18. The third kappa shape index (κ3) is 7.03. The molecule has 0 atom stereocenters. The van der Waals surface area contributed by atoms with E-state index >= 15 is 0 Å². The number of fused-ring (bicyclic) bond motifs is 10. The fraction of sp³-hybridized carbons (Fsp3) is 0.0133. The molecule has 1 heterocycles. The first-order valence-corrected chi connectivity index (χ1v) is 26.6. The van der Waals surface area contributed by atoms with Crippen LogP contribution in [0.5, 0.6) is 0 Å². The molecule has 13 aromatic carbocycles. The molecule has 0 N–H and O–H groups in total. The summed E-state index contributed by atoms with van der Waals surface area (Å²) in [5, 5.41) is 8.25. The van der Waals surface area contributed by atoms with Crippen molar-refractivity contribution in [2.75, 3.05) is 4.90 Å². The molecule has 0 unspecified atom stereocenters. The fourth-order valence-corrected chi connectivity index (χ4v) is 12.8. The molecule has 14 aromatic rings. The molecule has 0 fully saturated rings. The van der Waals surface area contributed by atoms with Crippen LogP contribution in [0.4, 0.5) is 17.1 Å². The lowest BCUT2D eigenvalue weighted by Gasteiger charge is -2.34. The van der Waals surface area contributed by atoms with Crippen LogP contribution in [0.25, 0.3) is 99.1 Å². The summed E-state index contributed by atoms with van der Waals surface area (Å²) in [5.41, 5.74) is 19.1. The summed E-state index contributed by atoms with van der Waals surface area (Å²) >= 11 is 0. The minimum atomic E-state index is -0.539. The second-order valence-corrected chi connectivity index (χ2v) is 20.2. The molecular formula is C75H49NO. The van der Waals surface area contributed by atoms with Gasteiger partial charge in [-0.15, -0.1) is 0 Å². The third-order valence-corrected chi connectivity index (χ3v) is 16.1. The first kappa shape index (κ1) is 44.5. The largest absolute Gasteiger partial charge is 0.455 e. The van der Waals surface area contributed by atoms with Crippen LogP contribution in [0, 0.1) is 0 Å². The quantitative estimate of drug-likeness (QED) is 0.134. The van der Waals surface area contributed by atoms with Gasteiger partial charge in [0.15, 0.2) is 0 Å². The van der Waals surface area contributed by atoms with E-state index in [2.05, 4.69) is 302 Å². The van der Waals surface area contributed by atoms with Crippen LogP contribution in [0.15, 0.2) is 302 Å². The SMILES string of the molecule is c1ccc(-c2oc3c4cc(-c5ccc(N(c6ccc(-c7cccc8ccccc78)cc6)c6cccc7c6-c6ccccc6C7(c6ccccc6)c6ccccc6)cc5)ccc4c4ccccc4c3c2-c2ccccc2)cc1. The van der Waals surface area contributed by atoms with E-state index in [4.69, 9.17) is 4.42 Å². The highest BCUT2D eigenvalue weighted by Gasteiger charge is 2.47. The molecule has 0 aliphatic heterocycles. The van der Waals surface area contributed by atoms with E-state index < -0.39 is 5.41 Å². The van der Waals surface area contributed by atoms with Crippen molar-refractivity contribution in [2.45, 2.75) is 5.41 Å². The summed E-state index contributed by atoms with van der Waals surface area (Å²) in [6.45, 7) is 0. The molecule has 0 bridgehead atoms. The summed E-state index contributed by atoms with van der Waals surface area (Å²) in [6.07, 6.45) is 0. The van der Waals surface area contributed by atoms with Crippen LogP contribution in [-0.4, -0.2) is 0 Å². The molecule has 2 heteroatoms. The Bertz CT molecular complexity index is 4480. The summed E-state index contributed by atoms with van der Waals surface area (Å²) in [4.78, 5) is 2.47. The van der Waals surface area contributed by atoms with E-state index in [-0.39, 0.29) is 0 Å². The van der Waals surface area contributed by atoms with E-state index in [1.165, 1.54) is 71.4 Å². The topological polar surface area (TPSA) is 16.4 Å². The molecule has 2 nitrogen and oxygen atoms in total. The van der Waals surface area contributed by atoms with Crippen LogP contribution in [0.2, 0.25) is 0 Å². The Balaban J connectivity index is 0.920. The number of nitrogens with zero attached hydrogens (tertiary/aromatic N) is 1. The highest BCUT2D eigenvalue weighted by Crippen LogP contribution is 2.60. The van der Waals surface area contributed by atoms with Gasteiger partial charge in [-0.25, -0.2) is 0 Å². The predicted molar refractivity (Wildman–Crippen MR) is 322 cm³/mol. The molecular weight excluding hydrogens is 931 g/mol. The Labute approximate surface area is 448 Å². The normalized spacial score (nSPS) is 12.5. The number of hydrogen-bond acceptors (Lipinski definition) is 2. The Morgan fingerprint density at radius 3 is 1.51 bits per heavy atom. The Morgan fingerprint density at radius 2 is 0.805 bits per heavy atom. The van der Waals surface area contributed by atoms with Gasteiger partial charge in [-0.1, -0.05) is 261 Å². The molecule has 360 valence electrons. The Kier molecular flexibility index (Phi) is 10.5. The van der Waals surface area contributed by atoms with E-state index in [0.29, 0.717) is 0 Å². The van der Waals surface area contributed by atoms with E-state index in [9.17, 15) is 0 Å². The van der Waals surface area contributed by atoms with Crippen LogP contribution in [0.3, 0.4) is 0 Å². The van der Waals surface area contributed by atoms with Crippen LogP contribution < -0.4 is 4.90 Å². The second kappa shape index (κ2) is 18.1. The molecule has 0 spiro atoms. The maximum Gasteiger partial charge on any atom is 0.143 e. The smallest absolute Gasteiger partial charge is 0.143 e. The average molecular weight is 980 g/mol. The van der Waals surface area contributed by atoms with Crippen molar-refractivity contribution in [3.63, 3.8) is 0 Å². The van der Waals surface area contributed by atoms with Gasteiger partial charge in [0.1, 0.15) is 11.3 Å². The first-order chi connectivity index (χ1) is 38.2. The van der Waals surface area contributed by atoms with Gasteiger partial charge in [0, 0.05) is 38.8 Å². The number of anilines is 3.